The van der Waals surface area contributed by atoms with Gasteiger partial charge in [-0.15, -0.1) is 0 Å². The predicted molar refractivity (Wildman–Crippen MR) is 147 cm³/mol. The molecular formula is C31H31N5O3. The van der Waals surface area contributed by atoms with E-state index in [0.29, 0.717) is 23.6 Å². The highest BCUT2D eigenvalue weighted by Crippen LogP contribution is 2.41. The van der Waals surface area contributed by atoms with Crippen LogP contribution in [0.3, 0.4) is 0 Å². The number of amides is 2. The zero-order valence-electron chi connectivity index (χ0n) is 21.6. The molecule has 2 aromatic carbocycles. The standard InChI is InChI=1S/C31H31N5O3/c37-18-36-22-9-10-23(36)17-25(16-22)39-24-11-6-19(7-12-24)29-26-15-21(8-13-27(26)34-35-29)31(38)33-30(20-4-5-20)28-3-1-2-14-32-28/h1-3,6-8,11-15,18,20,22-23,25,30H,4-5,9-10,16-17H2,(H,33,38)(H,34,35)/t22?,23?,25?,30-/m1/s1. The van der Waals surface area contributed by atoms with Gasteiger partial charge in [-0.25, -0.2) is 0 Å². The van der Waals surface area contributed by atoms with Crippen LogP contribution in [-0.4, -0.2) is 50.6 Å². The van der Waals surface area contributed by atoms with E-state index in [1.165, 1.54) is 0 Å². The Balaban J connectivity index is 1.08. The van der Waals surface area contributed by atoms with Crippen molar-refractivity contribution in [3.8, 4) is 17.0 Å². The average Bonchev–Trinajstić information content (AvgIpc) is 3.67. The molecule has 3 fully saturated rings. The second kappa shape index (κ2) is 9.84. The molecule has 2 aliphatic heterocycles. The topological polar surface area (TPSA) is 100 Å². The first-order valence-corrected chi connectivity index (χ1v) is 13.9. The maximum atomic E-state index is 13.3. The number of pyridine rings is 1. The van der Waals surface area contributed by atoms with Crippen molar-refractivity contribution in [1.82, 2.24) is 25.4 Å². The van der Waals surface area contributed by atoms with Gasteiger partial charge in [-0.1, -0.05) is 6.07 Å². The Morgan fingerprint density at radius 2 is 1.82 bits per heavy atom. The summed E-state index contributed by atoms with van der Waals surface area (Å²) in [5, 5.41) is 11.8. The maximum absolute atomic E-state index is 13.3. The minimum absolute atomic E-state index is 0.0772. The summed E-state index contributed by atoms with van der Waals surface area (Å²) in [6.45, 7) is 0. The summed E-state index contributed by atoms with van der Waals surface area (Å²) in [4.78, 5) is 31.1. The van der Waals surface area contributed by atoms with Crippen LogP contribution in [-0.2, 0) is 4.79 Å². The Kier molecular flexibility index (Phi) is 6.02. The molecule has 2 saturated heterocycles. The van der Waals surface area contributed by atoms with Crippen molar-refractivity contribution >= 4 is 23.2 Å². The van der Waals surface area contributed by atoms with Crippen LogP contribution in [0.1, 0.15) is 60.6 Å². The van der Waals surface area contributed by atoms with E-state index >= 15 is 0 Å². The Bertz CT molecular complexity index is 1480. The monoisotopic (exact) mass is 521 g/mol. The summed E-state index contributed by atoms with van der Waals surface area (Å²) in [6.07, 6.45) is 9.01. The zero-order chi connectivity index (χ0) is 26.3. The number of ether oxygens (including phenoxy) is 1. The summed E-state index contributed by atoms with van der Waals surface area (Å²) in [5.74, 6) is 1.15. The number of hydrogen-bond donors (Lipinski definition) is 2. The molecule has 4 aromatic rings. The van der Waals surface area contributed by atoms with Crippen LogP contribution in [0.5, 0.6) is 5.75 Å². The number of carbonyl (C=O) groups is 2. The summed E-state index contributed by atoms with van der Waals surface area (Å²) >= 11 is 0. The molecule has 2 bridgehead atoms. The number of hydrogen-bond acceptors (Lipinski definition) is 5. The lowest BCUT2D eigenvalue weighted by Crippen LogP contribution is -2.45. The third kappa shape index (κ3) is 4.64. The van der Waals surface area contributed by atoms with Crippen molar-refractivity contribution in [2.24, 2.45) is 5.92 Å². The first-order valence-electron chi connectivity index (χ1n) is 13.9. The first-order chi connectivity index (χ1) is 19.2. The Labute approximate surface area is 226 Å². The third-order valence-electron chi connectivity index (χ3n) is 8.51. The van der Waals surface area contributed by atoms with Crippen molar-refractivity contribution in [3.05, 3.63) is 78.1 Å². The molecule has 7 rings (SSSR count). The molecule has 0 spiro atoms. The fourth-order valence-corrected chi connectivity index (χ4v) is 6.34. The van der Waals surface area contributed by atoms with Crippen molar-refractivity contribution in [1.29, 1.82) is 0 Å². The predicted octanol–water partition coefficient (Wildman–Crippen LogP) is 5.04. The van der Waals surface area contributed by atoms with Gasteiger partial charge in [0.25, 0.3) is 5.91 Å². The second-order valence-corrected chi connectivity index (χ2v) is 11.0. The summed E-state index contributed by atoms with van der Waals surface area (Å²) in [7, 11) is 0. The van der Waals surface area contributed by atoms with Crippen LogP contribution in [0.15, 0.2) is 66.9 Å². The van der Waals surface area contributed by atoms with Crippen LogP contribution in [0.2, 0.25) is 0 Å². The highest BCUT2D eigenvalue weighted by Gasteiger charge is 2.41. The van der Waals surface area contributed by atoms with E-state index in [-0.39, 0.29) is 18.1 Å². The number of benzene rings is 2. The molecule has 8 heteroatoms. The van der Waals surface area contributed by atoms with E-state index in [4.69, 9.17) is 4.74 Å². The largest absolute Gasteiger partial charge is 0.490 e. The van der Waals surface area contributed by atoms with E-state index in [2.05, 4.69) is 20.5 Å². The van der Waals surface area contributed by atoms with Crippen LogP contribution < -0.4 is 10.1 Å². The van der Waals surface area contributed by atoms with Crippen molar-refractivity contribution in [3.63, 3.8) is 0 Å². The third-order valence-corrected chi connectivity index (χ3v) is 8.51. The van der Waals surface area contributed by atoms with Crippen molar-refractivity contribution < 1.29 is 14.3 Å². The number of piperidine rings is 1. The number of nitrogens with zero attached hydrogens (tertiary/aromatic N) is 3. The molecule has 2 amide bonds. The Morgan fingerprint density at radius 3 is 2.51 bits per heavy atom. The van der Waals surface area contributed by atoms with Gasteiger partial charge in [0.2, 0.25) is 6.41 Å². The average molecular weight is 522 g/mol. The SMILES string of the molecule is O=CN1C2CCC1CC(Oc1ccc(-c3n[nH]c4ccc(C(=O)N[C@@H](c5ccccn5)C5CC5)cc34)cc1)C2. The summed E-state index contributed by atoms with van der Waals surface area (Å²) < 4.78 is 6.31. The lowest BCUT2D eigenvalue weighted by Gasteiger charge is -2.36. The molecule has 4 heterocycles. The van der Waals surface area contributed by atoms with Crippen molar-refractivity contribution in [2.45, 2.75) is 62.8 Å². The second-order valence-electron chi connectivity index (χ2n) is 11.0. The number of nitrogens with one attached hydrogen (secondary N) is 2. The van der Waals surface area contributed by atoms with Crippen LogP contribution >= 0.6 is 0 Å². The lowest BCUT2D eigenvalue weighted by atomic mass is 10.0. The molecule has 3 aliphatic rings. The molecule has 2 aromatic heterocycles. The minimum atomic E-state index is -0.107. The van der Waals surface area contributed by atoms with E-state index < -0.39 is 0 Å². The molecule has 8 nitrogen and oxygen atoms in total. The lowest BCUT2D eigenvalue weighted by molar-refractivity contribution is -0.123. The minimum Gasteiger partial charge on any atom is -0.490 e. The molecule has 198 valence electrons. The van der Waals surface area contributed by atoms with Gasteiger partial charge in [0.1, 0.15) is 11.9 Å². The smallest absolute Gasteiger partial charge is 0.251 e. The molecule has 2 N–H and O–H groups in total. The van der Waals surface area contributed by atoms with E-state index in [1.54, 1.807) is 6.20 Å². The quantitative estimate of drug-likeness (QED) is 0.317. The molecule has 3 atom stereocenters. The molecule has 1 aliphatic carbocycles. The maximum Gasteiger partial charge on any atom is 0.251 e. The fraction of sp³-hybridized carbons (Fsp3) is 0.355. The zero-order valence-corrected chi connectivity index (χ0v) is 21.6. The molecule has 2 unspecified atom stereocenters. The number of carbonyl (C=O) groups excluding carboxylic acids is 2. The van der Waals surface area contributed by atoms with Gasteiger partial charge in [-0.3, -0.25) is 19.7 Å². The summed E-state index contributed by atoms with van der Waals surface area (Å²) in [5.41, 5.74) is 4.13. The number of aromatic amines is 1. The van der Waals surface area contributed by atoms with Gasteiger partial charge in [0.05, 0.1) is 22.9 Å². The van der Waals surface area contributed by atoms with E-state index in [1.807, 2.05) is 65.6 Å². The molecule has 0 radical (unpaired) electrons. The Hall–Kier alpha value is -4.20. The van der Waals surface area contributed by atoms with Gasteiger partial charge >= 0.3 is 0 Å². The fourth-order valence-electron chi connectivity index (χ4n) is 6.34. The first kappa shape index (κ1) is 23.9. The van der Waals surface area contributed by atoms with Crippen LogP contribution in [0, 0.1) is 5.92 Å². The molecule has 39 heavy (non-hydrogen) atoms. The number of H-pyrrole nitrogens is 1. The number of rotatable bonds is 8. The highest BCUT2D eigenvalue weighted by molar-refractivity contribution is 6.01. The van der Waals surface area contributed by atoms with E-state index in [0.717, 1.165) is 78.5 Å². The van der Waals surface area contributed by atoms with Gasteiger partial charge in [-0.05, 0) is 86.2 Å². The van der Waals surface area contributed by atoms with Crippen molar-refractivity contribution in [2.75, 3.05) is 0 Å². The van der Waals surface area contributed by atoms with Crippen LogP contribution in [0.4, 0.5) is 0 Å². The number of fused-ring (bicyclic) bond motifs is 3. The highest BCUT2D eigenvalue weighted by atomic mass is 16.5. The van der Waals surface area contributed by atoms with E-state index in [9.17, 15) is 9.59 Å². The normalized spacial score (nSPS) is 23.0. The molecule has 1 saturated carbocycles. The van der Waals surface area contributed by atoms with Gasteiger partial charge in [0.15, 0.2) is 0 Å². The van der Waals surface area contributed by atoms with Crippen LogP contribution in [0.25, 0.3) is 22.2 Å². The van der Waals surface area contributed by atoms with Gasteiger partial charge in [0, 0.05) is 47.6 Å². The Morgan fingerprint density at radius 1 is 1.03 bits per heavy atom. The molecular weight excluding hydrogens is 490 g/mol. The number of aromatic nitrogens is 3. The van der Waals surface area contributed by atoms with Gasteiger partial charge < -0.3 is 15.0 Å². The summed E-state index contributed by atoms with van der Waals surface area (Å²) in [6, 6.07) is 20.0. The van der Waals surface area contributed by atoms with Gasteiger partial charge in [-0.2, -0.15) is 5.10 Å².